The number of aromatic hydroxyl groups is 1. The van der Waals surface area contributed by atoms with Gasteiger partial charge in [0.1, 0.15) is 11.3 Å². The summed E-state index contributed by atoms with van der Waals surface area (Å²) in [5.74, 6) is -0.415. The average molecular weight is 256 g/mol. The van der Waals surface area contributed by atoms with Crippen molar-refractivity contribution in [2.45, 2.75) is 12.5 Å². The van der Waals surface area contributed by atoms with E-state index in [-0.39, 0.29) is 5.75 Å². The standard InChI is InChI=1S/C15H16N2O2/c1-15(14(16)19,11-6-5-9-13(18)10-11)17-12-7-3-2-4-8-12/h2-10,17-18H,1H3,(H2,16,19). The smallest absolute Gasteiger partial charge is 0.247 e. The van der Waals surface area contributed by atoms with Gasteiger partial charge in [0, 0.05) is 5.69 Å². The maximum Gasteiger partial charge on any atom is 0.247 e. The van der Waals surface area contributed by atoms with E-state index in [1.165, 1.54) is 6.07 Å². The van der Waals surface area contributed by atoms with Crippen molar-refractivity contribution in [2.75, 3.05) is 5.32 Å². The number of rotatable bonds is 4. The van der Waals surface area contributed by atoms with E-state index < -0.39 is 11.4 Å². The van der Waals surface area contributed by atoms with E-state index in [4.69, 9.17) is 5.73 Å². The Morgan fingerprint density at radius 2 is 1.84 bits per heavy atom. The number of anilines is 1. The number of carbonyl (C=O) groups is 1. The molecule has 1 unspecified atom stereocenters. The first-order valence-corrected chi connectivity index (χ1v) is 5.95. The number of phenolic OH excluding ortho intramolecular Hbond substituents is 1. The third kappa shape index (κ3) is 2.68. The number of primary amides is 1. The zero-order valence-corrected chi connectivity index (χ0v) is 10.6. The second-order valence-corrected chi connectivity index (χ2v) is 4.53. The van der Waals surface area contributed by atoms with Crippen LogP contribution in [0.4, 0.5) is 5.69 Å². The summed E-state index contributed by atoms with van der Waals surface area (Å²) in [6, 6.07) is 15.8. The third-order valence-corrected chi connectivity index (χ3v) is 3.08. The fourth-order valence-electron chi connectivity index (χ4n) is 1.90. The predicted octanol–water partition coefficient (Wildman–Crippen LogP) is 2.20. The molecule has 0 bridgehead atoms. The van der Waals surface area contributed by atoms with Gasteiger partial charge in [0.25, 0.3) is 0 Å². The van der Waals surface area contributed by atoms with Crippen molar-refractivity contribution in [1.29, 1.82) is 0 Å². The molecule has 0 aromatic heterocycles. The first-order chi connectivity index (χ1) is 9.02. The highest BCUT2D eigenvalue weighted by Gasteiger charge is 2.33. The highest BCUT2D eigenvalue weighted by Crippen LogP contribution is 2.28. The van der Waals surface area contributed by atoms with Crippen LogP contribution in [-0.2, 0) is 10.3 Å². The topological polar surface area (TPSA) is 75.3 Å². The second-order valence-electron chi connectivity index (χ2n) is 4.53. The summed E-state index contributed by atoms with van der Waals surface area (Å²) >= 11 is 0. The average Bonchev–Trinajstić information content (AvgIpc) is 2.39. The van der Waals surface area contributed by atoms with Gasteiger partial charge in [0.05, 0.1) is 0 Å². The number of para-hydroxylation sites is 1. The molecular weight excluding hydrogens is 240 g/mol. The number of hydrogen-bond donors (Lipinski definition) is 3. The molecule has 0 fully saturated rings. The van der Waals surface area contributed by atoms with Gasteiger partial charge in [-0.3, -0.25) is 4.79 Å². The second kappa shape index (κ2) is 5.02. The Labute approximate surface area is 111 Å². The van der Waals surface area contributed by atoms with E-state index in [1.54, 1.807) is 25.1 Å². The number of carbonyl (C=O) groups excluding carboxylic acids is 1. The Hall–Kier alpha value is -2.49. The molecule has 0 saturated heterocycles. The van der Waals surface area contributed by atoms with Crippen LogP contribution in [0.15, 0.2) is 54.6 Å². The van der Waals surface area contributed by atoms with Crippen molar-refractivity contribution in [3.05, 3.63) is 60.2 Å². The number of amides is 1. The number of benzene rings is 2. The van der Waals surface area contributed by atoms with Gasteiger partial charge in [-0.2, -0.15) is 0 Å². The SMILES string of the molecule is CC(Nc1ccccc1)(C(N)=O)c1cccc(O)c1. The van der Waals surface area contributed by atoms with Crippen LogP contribution in [0, 0.1) is 0 Å². The van der Waals surface area contributed by atoms with Gasteiger partial charge in [-0.1, -0.05) is 30.3 Å². The Kier molecular flexibility index (Phi) is 3.42. The summed E-state index contributed by atoms with van der Waals surface area (Å²) in [5.41, 5.74) is 5.83. The first kappa shape index (κ1) is 13.0. The minimum absolute atomic E-state index is 0.0971. The Balaban J connectivity index is 2.41. The summed E-state index contributed by atoms with van der Waals surface area (Å²) in [6.45, 7) is 1.69. The molecule has 2 aromatic carbocycles. The van der Waals surface area contributed by atoms with Crippen LogP contribution in [0.2, 0.25) is 0 Å². The van der Waals surface area contributed by atoms with Gasteiger partial charge < -0.3 is 16.2 Å². The molecule has 4 N–H and O–H groups in total. The molecule has 2 aromatic rings. The number of phenols is 1. The van der Waals surface area contributed by atoms with Crippen LogP contribution in [-0.4, -0.2) is 11.0 Å². The quantitative estimate of drug-likeness (QED) is 0.785. The molecule has 0 aliphatic rings. The lowest BCUT2D eigenvalue weighted by Crippen LogP contribution is -2.45. The minimum atomic E-state index is -1.08. The number of hydrogen-bond acceptors (Lipinski definition) is 3. The molecule has 0 saturated carbocycles. The van der Waals surface area contributed by atoms with Crippen molar-refractivity contribution in [1.82, 2.24) is 0 Å². The molecule has 1 amide bonds. The van der Waals surface area contributed by atoms with Crippen molar-refractivity contribution < 1.29 is 9.90 Å². The lowest BCUT2D eigenvalue weighted by atomic mass is 9.90. The zero-order valence-electron chi connectivity index (χ0n) is 10.6. The summed E-state index contributed by atoms with van der Waals surface area (Å²) in [7, 11) is 0. The minimum Gasteiger partial charge on any atom is -0.508 e. The van der Waals surface area contributed by atoms with Gasteiger partial charge in [0.2, 0.25) is 5.91 Å². The van der Waals surface area contributed by atoms with Crippen molar-refractivity contribution >= 4 is 11.6 Å². The summed E-state index contributed by atoms with van der Waals surface area (Å²) < 4.78 is 0. The third-order valence-electron chi connectivity index (χ3n) is 3.08. The van der Waals surface area contributed by atoms with Crippen LogP contribution in [0.25, 0.3) is 0 Å². The largest absolute Gasteiger partial charge is 0.508 e. The van der Waals surface area contributed by atoms with Gasteiger partial charge in [-0.05, 0) is 36.8 Å². The van der Waals surface area contributed by atoms with Gasteiger partial charge in [0.15, 0.2) is 0 Å². The molecule has 1 atom stereocenters. The maximum absolute atomic E-state index is 11.8. The molecule has 98 valence electrons. The number of nitrogens with two attached hydrogens (primary N) is 1. The lowest BCUT2D eigenvalue weighted by Gasteiger charge is -2.29. The van der Waals surface area contributed by atoms with Crippen molar-refractivity contribution in [3.63, 3.8) is 0 Å². The first-order valence-electron chi connectivity index (χ1n) is 5.95. The molecule has 2 rings (SSSR count). The molecule has 0 aliphatic heterocycles. The van der Waals surface area contributed by atoms with Crippen LogP contribution >= 0.6 is 0 Å². The predicted molar refractivity (Wildman–Crippen MR) is 74.7 cm³/mol. The molecule has 4 heteroatoms. The van der Waals surface area contributed by atoms with E-state index in [9.17, 15) is 9.90 Å². The Bertz CT molecular complexity index is 584. The van der Waals surface area contributed by atoms with Crippen molar-refractivity contribution in [3.8, 4) is 5.75 Å². The van der Waals surface area contributed by atoms with Crippen LogP contribution in [0.3, 0.4) is 0 Å². The van der Waals surface area contributed by atoms with E-state index in [0.29, 0.717) is 5.56 Å². The fourth-order valence-corrected chi connectivity index (χ4v) is 1.90. The van der Waals surface area contributed by atoms with Gasteiger partial charge >= 0.3 is 0 Å². The summed E-state index contributed by atoms with van der Waals surface area (Å²) in [6.07, 6.45) is 0. The Morgan fingerprint density at radius 3 is 2.42 bits per heavy atom. The molecule has 4 nitrogen and oxygen atoms in total. The molecular formula is C15H16N2O2. The van der Waals surface area contributed by atoms with Crippen molar-refractivity contribution in [2.24, 2.45) is 5.73 Å². The number of nitrogens with one attached hydrogen (secondary N) is 1. The monoisotopic (exact) mass is 256 g/mol. The molecule has 0 spiro atoms. The summed E-state index contributed by atoms with van der Waals surface area (Å²) in [5, 5.41) is 12.7. The molecule has 0 radical (unpaired) electrons. The van der Waals surface area contributed by atoms with E-state index in [0.717, 1.165) is 5.69 Å². The van der Waals surface area contributed by atoms with E-state index in [1.807, 2.05) is 30.3 Å². The Morgan fingerprint density at radius 1 is 1.16 bits per heavy atom. The highest BCUT2D eigenvalue weighted by molar-refractivity contribution is 5.89. The van der Waals surface area contributed by atoms with Gasteiger partial charge in [-0.25, -0.2) is 0 Å². The van der Waals surface area contributed by atoms with Gasteiger partial charge in [-0.15, -0.1) is 0 Å². The maximum atomic E-state index is 11.8. The molecule has 0 heterocycles. The van der Waals surface area contributed by atoms with Crippen LogP contribution < -0.4 is 11.1 Å². The molecule has 19 heavy (non-hydrogen) atoms. The van der Waals surface area contributed by atoms with Crippen LogP contribution in [0.5, 0.6) is 5.75 Å². The zero-order chi connectivity index (χ0) is 13.9. The van der Waals surface area contributed by atoms with E-state index >= 15 is 0 Å². The molecule has 0 aliphatic carbocycles. The van der Waals surface area contributed by atoms with Crippen LogP contribution in [0.1, 0.15) is 12.5 Å². The normalized spacial score (nSPS) is 13.5. The van der Waals surface area contributed by atoms with E-state index in [2.05, 4.69) is 5.32 Å². The fraction of sp³-hybridized carbons (Fsp3) is 0.133. The summed E-state index contributed by atoms with van der Waals surface area (Å²) in [4.78, 5) is 11.8. The lowest BCUT2D eigenvalue weighted by molar-refractivity contribution is -0.122. The highest BCUT2D eigenvalue weighted by atomic mass is 16.3.